The highest BCUT2D eigenvalue weighted by Crippen LogP contribution is 2.27. The molecule has 0 aliphatic carbocycles. The van der Waals surface area contributed by atoms with Gasteiger partial charge in [-0.2, -0.15) is 0 Å². The molecule has 22 heavy (non-hydrogen) atoms. The van der Waals surface area contributed by atoms with E-state index in [1.807, 2.05) is 56.3 Å². The third-order valence-electron chi connectivity index (χ3n) is 3.96. The summed E-state index contributed by atoms with van der Waals surface area (Å²) in [5, 5.41) is 0. The monoisotopic (exact) mass is 291 g/mol. The van der Waals surface area contributed by atoms with Crippen molar-refractivity contribution >= 4 is 23.6 Å². The van der Waals surface area contributed by atoms with Crippen LogP contribution in [0.2, 0.25) is 0 Å². The Balaban J connectivity index is 1.93. The first-order valence-corrected chi connectivity index (χ1v) is 7.26. The second kappa shape index (κ2) is 5.60. The number of carbonyl (C=O) groups excluding carboxylic acids is 2. The van der Waals surface area contributed by atoms with Crippen molar-refractivity contribution in [3.05, 3.63) is 70.8 Å². The van der Waals surface area contributed by atoms with Crippen molar-refractivity contribution in [1.29, 1.82) is 0 Å². The molecule has 0 bridgehead atoms. The number of para-hydroxylation sites is 1. The molecule has 3 rings (SSSR count). The second-order valence-corrected chi connectivity index (χ2v) is 5.56. The Bertz CT molecular complexity index is 775. The molecule has 1 saturated heterocycles. The summed E-state index contributed by atoms with van der Waals surface area (Å²) in [6, 6.07) is 15.1. The van der Waals surface area contributed by atoms with Gasteiger partial charge >= 0.3 is 0 Å². The average Bonchev–Trinajstić information content (AvgIpc) is 2.78. The van der Waals surface area contributed by atoms with Gasteiger partial charge < -0.3 is 0 Å². The van der Waals surface area contributed by atoms with Gasteiger partial charge in [-0.05, 0) is 48.7 Å². The number of imide groups is 1. The Hall–Kier alpha value is -2.68. The Morgan fingerprint density at radius 3 is 2.36 bits per heavy atom. The fraction of sp³-hybridized carbons (Fsp3) is 0.158. The topological polar surface area (TPSA) is 37.4 Å². The lowest BCUT2D eigenvalue weighted by Crippen LogP contribution is -2.28. The first-order valence-electron chi connectivity index (χ1n) is 7.26. The van der Waals surface area contributed by atoms with E-state index in [4.69, 9.17) is 0 Å². The lowest BCUT2D eigenvalue weighted by molar-refractivity contribution is -0.120. The van der Waals surface area contributed by atoms with Crippen LogP contribution in [-0.2, 0) is 9.59 Å². The number of hydrogen-bond acceptors (Lipinski definition) is 2. The molecule has 0 radical (unpaired) electrons. The van der Waals surface area contributed by atoms with Crippen LogP contribution >= 0.6 is 0 Å². The number of carbonyl (C=O) groups is 2. The number of nitrogens with zero attached hydrogens (tertiary/aromatic N) is 1. The zero-order valence-electron chi connectivity index (χ0n) is 12.7. The lowest BCUT2D eigenvalue weighted by Gasteiger charge is -2.12. The normalized spacial score (nSPS) is 16.6. The van der Waals surface area contributed by atoms with Gasteiger partial charge in [0.15, 0.2) is 0 Å². The van der Waals surface area contributed by atoms with Crippen molar-refractivity contribution in [2.45, 2.75) is 20.3 Å². The maximum Gasteiger partial charge on any atom is 0.261 e. The highest BCUT2D eigenvalue weighted by molar-refractivity contribution is 6.29. The van der Waals surface area contributed by atoms with Crippen LogP contribution in [0.15, 0.2) is 54.1 Å². The van der Waals surface area contributed by atoms with E-state index < -0.39 is 0 Å². The summed E-state index contributed by atoms with van der Waals surface area (Å²) < 4.78 is 0. The van der Waals surface area contributed by atoms with Crippen LogP contribution in [0.4, 0.5) is 5.69 Å². The van der Waals surface area contributed by atoms with Crippen molar-refractivity contribution in [1.82, 2.24) is 0 Å². The van der Waals surface area contributed by atoms with Gasteiger partial charge in [0.2, 0.25) is 5.91 Å². The first-order chi connectivity index (χ1) is 10.6. The fourth-order valence-electron chi connectivity index (χ4n) is 2.58. The standard InChI is InChI=1S/C19H17NO2/c1-13-8-9-15(10-14(13)2)11-16-12-18(21)20(19(16)22)17-6-4-3-5-7-17/h3-11H,12H2,1-2H3/b16-11+. The van der Waals surface area contributed by atoms with Crippen molar-refractivity contribution in [3.8, 4) is 0 Å². The third kappa shape index (κ3) is 2.58. The van der Waals surface area contributed by atoms with Crippen LogP contribution in [0.25, 0.3) is 6.08 Å². The molecule has 1 heterocycles. The lowest BCUT2D eigenvalue weighted by atomic mass is 10.0. The Morgan fingerprint density at radius 1 is 0.955 bits per heavy atom. The van der Waals surface area contributed by atoms with Crippen molar-refractivity contribution in [2.75, 3.05) is 4.90 Å². The number of benzene rings is 2. The Kier molecular flexibility index (Phi) is 3.63. The SMILES string of the molecule is Cc1ccc(/C=C2\CC(=O)N(c3ccccc3)C2=O)cc1C. The molecule has 2 aromatic carbocycles. The van der Waals surface area contributed by atoms with Crippen molar-refractivity contribution in [3.63, 3.8) is 0 Å². The minimum atomic E-state index is -0.227. The van der Waals surface area contributed by atoms with Crippen LogP contribution in [-0.4, -0.2) is 11.8 Å². The van der Waals surface area contributed by atoms with Crippen LogP contribution in [0.5, 0.6) is 0 Å². The molecule has 3 nitrogen and oxygen atoms in total. The third-order valence-corrected chi connectivity index (χ3v) is 3.96. The van der Waals surface area contributed by atoms with Gasteiger partial charge in [0, 0.05) is 5.57 Å². The predicted octanol–water partition coefficient (Wildman–Crippen LogP) is 3.65. The van der Waals surface area contributed by atoms with Crippen molar-refractivity contribution in [2.24, 2.45) is 0 Å². The van der Waals surface area contributed by atoms with Crippen LogP contribution in [0, 0.1) is 13.8 Å². The van der Waals surface area contributed by atoms with E-state index in [9.17, 15) is 9.59 Å². The maximum absolute atomic E-state index is 12.5. The number of anilines is 1. The second-order valence-electron chi connectivity index (χ2n) is 5.56. The van der Waals surface area contributed by atoms with Gasteiger partial charge in [-0.15, -0.1) is 0 Å². The van der Waals surface area contributed by atoms with E-state index in [1.165, 1.54) is 16.0 Å². The number of hydrogen-bond donors (Lipinski definition) is 0. The summed E-state index contributed by atoms with van der Waals surface area (Å²) >= 11 is 0. The minimum Gasteiger partial charge on any atom is -0.274 e. The summed E-state index contributed by atoms with van der Waals surface area (Å²) in [5.74, 6) is -0.402. The molecule has 110 valence electrons. The van der Waals surface area contributed by atoms with Crippen LogP contribution in [0.1, 0.15) is 23.1 Å². The van der Waals surface area contributed by atoms with Crippen molar-refractivity contribution < 1.29 is 9.59 Å². The summed E-state index contributed by atoms with van der Waals surface area (Å²) in [6.45, 7) is 4.09. The van der Waals surface area contributed by atoms with Gasteiger partial charge in [-0.1, -0.05) is 36.4 Å². The molecule has 0 atom stereocenters. The summed E-state index contributed by atoms with van der Waals surface area (Å²) in [7, 11) is 0. The van der Waals surface area contributed by atoms with E-state index in [-0.39, 0.29) is 18.2 Å². The zero-order chi connectivity index (χ0) is 15.7. The molecule has 0 spiro atoms. The Morgan fingerprint density at radius 2 is 1.68 bits per heavy atom. The summed E-state index contributed by atoms with van der Waals surface area (Å²) in [5.41, 5.74) is 4.50. The van der Waals surface area contributed by atoms with Gasteiger partial charge in [0.1, 0.15) is 0 Å². The molecule has 2 aromatic rings. The molecule has 3 heteroatoms. The van der Waals surface area contributed by atoms with E-state index in [2.05, 4.69) is 0 Å². The van der Waals surface area contributed by atoms with Gasteiger partial charge in [0.25, 0.3) is 5.91 Å². The van der Waals surface area contributed by atoms with Crippen LogP contribution < -0.4 is 4.90 Å². The molecule has 1 aliphatic heterocycles. The molecule has 1 fully saturated rings. The average molecular weight is 291 g/mol. The van der Waals surface area contributed by atoms with E-state index in [0.717, 1.165) is 5.56 Å². The van der Waals surface area contributed by atoms with E-state index in [0.29, 0.717) is 11.3 Å². The summed E-state index contributed by atoms with van der Waals surface area (Å²) in [6.07, 6.45) is 1.97. The van der Waals surface area contributed by atoms with Crippen LogP contribution in [0.3, 0.4) is 0 Å². The minimum absolute atomic E-state index is 0.153. The smallest absolute Gasteiger partial charge is 0.261 e. The number of aryl methyl sites for hydroxylation is 2. The zero-order valence-corrected chi connectivity index (χ0v) is 12.7. The summed E-state index contributed by atoms with van der Waals surface area (Å²) in [4.78, 5) is 25.9. The Labute approximate surface area is 129 Å². The van der Waals surface area contributed by atoms with Gasteiger partial charge in [-0.3, -0.25) is 9.59 Å². The molecule has 2 amide bonds. The molecular weight excluding hydrogens is 274 g/mol. The maximum atomic E-state index is 12.5. The first kappa shape index (κ1) is 14.3. The highest BCUT2D eigenvalue weighted by Gasteiger charge is 2.34. The van der Waals surface area contributed by atoms with E-state index >= 15 is 0 Å². The fourth-order valence-corrected chi connectivity index (χ4v) is 2.58. The van der Waals surface area contributed by atoms with Gasteiger partial charge in [0.05, 0.1) is 12.1 Å². The van der Waals surface area contributed by atoms with E-state index in [1.54, 1.807) is 12.1 Å². The molecular formula is C19H17NO2. The highest BCUT2D eigenvalue weighted by atomic mass is 16.2. The molecule has 0 unspecified atom stereocenters. The molecule has 0 aromatic heterocycles. The number of rotatable bonds is 2. The number of amides is 2. The molecule has 0 saturated carbocycles. The van der Waals surface area contributed by atoms with Gasteiger partial charge in [-0.25, -0.2) is 4.90 Å². The predicted molar refractivity (Wildman–Crippen MR) is 87.4 cm³/mol. The quantitative estimate of drug-likeness (QED) is 0.625. The molecule has 0 N–H and O–H groups in total. The molecule has 1 aliphatic rings. The largest absolute Gasteiger partial charge is 0.274 e.